The van der Waals surface area contributed by atoms with Crippen molar-refractivity contribution in [1.82, 2.24) is 10.7 Å². The summed E-state index contributed by atoms with van der Waals surface area (Å²) in [6, 6.07) is 10.4. The molecule has 2 N–H and O–H groups in total. The van der Waals surface area contributed by atoms with Crippen molar-refractivity contribution in [3.63, 3.8) is 0 Å². The molecule has 1 aromatic carbocycles. The van der Waals surface area contributed by atoms with E-state index < -0.39 is 0 Å². The number of fused-ring (bicyclic) bond motifs is 1. The van der Waals surface area contributed by atoms with Gasteiger partial charge in [0.05, 0.1) is 0 Å². The van der Waals surface area contributed by atoms with Crippen LogP contribution in [0.3, 0.4) is 0 Å². The molecule has 2 aliphatic carbocycles. The number of hydrogen-bond donors (Lipinski definition) is 2. The highest BCUT2D eigenvalue weighted by atomic mass is 32.1. The Morgan fingerprint density at radius 2 is 2.15 bits per heavy atom. The van der Waals surface area contributed by atoms with Gasteiger partial charge in [0, 0.05) is 18.2 Å². The van der Waals surface area contributed by atoms with Crippen LogP contribution in [0.25, 0.3) is 0 Å². The van der Waals surface area contributed by atoms with Crippen LogP contribution in [0.5, 0.6) is 0 Å². The van der Waals surface area contributed by atoms with Crippen molar-refractivity contribution in [3.05, 3.63) is 48.0 Å². The molecule has 0 amide bonds. The molecule has 0 radical (unpaired) electrons. The Bertz CT molecular complexity index is 536. The van der Waals surface area contributed by atoms with E-state index in [9.17, 15) is 0 Å². The van der Waals surface area contributed by atoms with Crippen molar-refractivity contribution >= 4 is 23.0 Å². The quantitative estimate of drug-likeness (QED) is 0.507. The minimum Gasteiger partial charge on any atom is -0.361 e. The number of allylic oxidation sites excluding steroid dienone is 2. The third kappa shape index (κ3) is 3.07. The van der Waals surface area contributed by atoms with Crippen LogP contribution in [0.2, 0.25) is 0 Å². The van der Waals surface area contributed by atoms with Crippen molar-refractivity contribution < 1.29 is 0 Å². The second kappa shape index (κ2) is 6.18. The van der Waals surface area contributed by atoms with Crippen LogP contribution in [0, 0.1) is 11.8 Å². The van der Waals surface area contributed by atoms with Crippen LogP contribution in [0.1, 0.15) is 18.4 Å². The van der Waals surface area contributed by atoms with Crippen molar-refractivity contribution in [1.29, 1.82) is 0 Å². The monoisotopic (exact) mass is 285 g/mol. The van der Waals surface area contributed by atoms with Crippen molar-refractivity contribution in [2.75, 3.05) is 6.54 Å². The normalized spacial score (nSPS) is 25.1. The third-order valence-corrected chi connectivity index (χ3v) is 4.22. The van der Waals surface area contributed by atoms with Gasteiger partial charge in [0.2, 0.25) is 0 Å². The highest BCUT2D eigenvalue weighted by Crippen LogP contribution is 2.40. The van der Waals surface area contributed by atoms with Gasteiger partial charge in [-0.05, 0) is 43.0 Å². The van der Waals surface area contributed by atoms with E-state index in [4.69, 9.17) is 12.2 Å². The lowest BCUT2D eigenvalue weighted by molar-refractivity contribution is 0.444. The molecule has 1 aromatic rings. The van der Waals surface area contributed by atoms with E-state index in [1.54, 1.807) is 0 Å². The van der Waals surface area contributed by atoms with Gasteiger partial charge in [-0.3, -0.25) is 5.43 Å². The van der Waals surface area contributed by atoms with Crippen LogP contribution in [-0.2, 0) is 6.42 Å². The van der Waals surface area contributed by atoms with Crippen LogP contribution >= 0.6 is 12.2 Å². The zero-order valence-electron chi connectivity index (χ0n) is 11.4. The highest BCUT2D eigenvalue weighted by molar-refractivity contribution is 7.80. The van der Waals surface area contributed by atoms with Crippen LogP contribution in [-0.4, -0.2) is 17.4 Å². The fraction of sp³-hybridized carbons (Fsp3) is 0.375. The summed E-state index contributed by atoms with van der Waals surface area (Å²) in [5, 5.41) is 8.21. The van der Waals surface area contributed by atoms with Crippen molar-refractivity contribution in [2.24, 2.45) is 16.9 Å². The molecule has 0 aliphatic heterocycles. The minimum atomic E-state index is 0.564. The summed E-state index contributed by atoms with van der Waals surface area (Å²) in [5.74, 6) is 1.37. The third-order valence-electron chi connectivity index (χ3n) is 3.99. The highest BCUT2D eigenvalue weighted by Gasteiger charge is 2.37. The van der Waals surface area contributed by atoms with E-state index in [0.29, 0.717) is 11.0 Å². The number of hydrazone groups is 1. The smallest absolute Gasteiger partial charge is 0.186 e. The maximum absolute atomic E-state index is 5.23. The summed E-state index contributed by atoms with van der Waals surface area (Å²) in [6.45, 7) is 0.826. The summed E-state index contributed by atoms with van der Waals surface area (Å²) >= 11 is 5.23. The number of nitrogens with zero attached hydrogens (tertiary/aromatic N) is 1. The first-order valence-electron chi connectivity index (χ1n) is 7.14. The van der Waals surface area contributed by atoms with Gasteiger partial charge in [-0.2, -0.15) is 5.10 Å². The number of nitrogens with one attached hydrogen (secondary N) is 2. The van der Waals surface area contributed by atoms with Crippen LogP contribution < -0.4 is 10.7 Å². The molecule has 1 fully saturated rings. The summed E-state index contributed by atoms with van der Waals surface area (Å²) in [4.78, 5) is 0. The van der Waals surface area contributed by atoms with E-state index in [2.05, 4.69) is 52.3 Å². The Morgan fingerprint density at radius 1 is 1.30 bits per heavy atom. The van der Waals surface area contributed by atoms with E-state index in [1.807, 2.05) is 6.07 Å². The van der Waals surface area contributed by atoms with Gasteiger partial charge in [-0.15, -0.1) is 0 Å². The van der Waals surface area contributed by atoms with E-state index >= 15 is 0 Å². The molecule has 20 heavy (non-hydrogen) atoms. The number of hydrogen-bond acceptors (Lipinski definition) is 2. The molecule has 0 aromatic heterocycles. The predicted octanol–water partition coefficient (Wildman–Crippen LogP) is 2.65. The maximum Gasteiger partial charge on any atom is 0.186 e. The van der Waals surface area contributed by atoms with Gasteiger partial charge in [0.25, 0.3) is 0 Å². The largest absolute Gasteiger partial charge is 0.361 e. The second-order valence-electron chi connectivity index (χ2n) is 5.36. The molecule has 2 aliphatic rings. The second-order valence-corrected chi connectivity index (χ2v) is 5.77. The van der Waals surface area contributed by atoms with Gasteiger partial charge < -0.3 is 5.32 Å². The molecule has 3 rings (SSSR count). The fourth-order valence-corrected chi connectivity index (χ4v) is 2.94. The average Bonchev–Trinajstić information content (AvgIpc) is 2.82. The molecular formula is C16H19N3S. The van der Waals surface area contributed by atoms with E-state index in [1.165, 1.54) is 17.7 Å². The molecule has 0 heterocycles. The lowest BCUT2D eigenvalue weighted by Crippen LogP contribution is -2.38. The molecule has 1 saturated carbocycles. The molecule has 2 unspecified atom stereocenters. The van der Waals surface area contributed by atoms with Gasteiger partial charge in [-0.25, -0.2) is 0 Å². The molecule has 104 valence electrons. The first-order chi connectivity index (χ1) is 9.83. The molecule has 2 atom stereocenters. The Labute approximate surface area is 125 Å². The van der Waals surface area contributed by atoms with Gasteiger partial charge in [0.15, 0.2) is 5.11 Å². The lowest BCUT2D eigenvalue weighted by atomic mass is 9.74. The predicted molar refractivity (Wildman–Crippen MR) is 86.7 cm³/mol. The first kappa shape index (κ1) is 13.3. The molecule has 3 nitrogen and oxygen atoms in total. The summed E-state index contributed by atoms with van der Waals surface area (Å²) in [5.41, 5.74) is 5.50. The first-order valence-corrected chi connectivity index (χ1v) is 7.54. The lowest BCUT2D eigenvalue weighted by Gasteiger charge is -2.31. The number of benzene rings is 1. The van der Waals surface area contributed by atoms with E-state index in [-0.39, 0.29) is 0 Å². The van der Waals surface area contributed by atoms with Crippen LogP contribution in [0.15, 0.2) is 47.6 Å². The Morgan fingerprint density at radius 3 is 2.95 bits per heavy atom. The molecule has 0 spiro atoms. The summed E-state index contributed by atoms with van der Waals surface area (Å²) in [7, 11) is 0. The molecule has 0 bridgehead atoms. The standard InChI is InChI=1S/C16H19N3S/c20-16(17-10-9-12-5-2-1-3-6-12)19-18-15-11-13-7-4-8-14(13)15/h1-6,8,13-14H,7,9-11H2,(H2,17,19,20). The zero-order valence-corrected chi connectivity index (χ0v) is 12.2. The zero-order chi connectivity index (χ0) is 13.8. The number of rotatable bonds is 4. The summed E-state index contributed by atoms with van der Waals surface area (Å²) in [6.07, 6.45) is 7.81. The maximum atomic E-state index is 5.23. The van der Waals surface area contributed by atoms with E-state index in [0.717, 1.165) is 25.3 Å². The van der Waals surface area contributed by atoms with Gasteiger partial charge in [0.1, 0.15) is 0 Å². The SMILES string of the molecule is S=C(NCCc1ccccc1)NN=C1CC2CC=CC12. The molecular weight excluding hydrogens is 266 g/mol. The Balaban J connectivity index is 1.38. The number of thiocarbonyl (C=S) groups is 1. The van der Waals surface area contributed by atoms with Crippen LogP contribution in [0.4, 0.5) is 0 Å². The minimum absolute atomic E-state index is 0.564. The summed E-state index contributed by atoms with van der Waals surface area (Å²) < 4.78 is 0. The Hall–Kier alpha value is -1.68. The van der Waals surface area contributed by atoms with Crippen molar-refractivity contribution in [2.45, 2.75) is 19.3 Å². The fourth-order valence-electron chi connectivity index (χ4n) is 2.79. The Kier molecular flexibility index (Phi) is 4.11. The molecule has 0 saturated heterocycles. The van der Waals surface area contributed by atoms with Crippen molar-refractivity contribution in [3.8, 4) is 0 Å². The van der Waals surface area contributed by atoms with Gasteiger partial charge >= 0.3 is 0 Å². The van der Waals surface area contributed by atoms with Gasteiger partial charge in [-0.1, -0.05) is 42.5 Å². The topological polar surface area (TPSA) is 36.4 Å². The molecule has 4 heteroatoms. The average molecular weight is 285 g/mol.